The molecule has 0 aliphatic rings. The van der Waals surface area contributed by atoms with E-state index in [0.29, 0.717) is 6.61 Å². The standard InChI is InChI=1S/C10H15NO/c1-12-8-10(11)7-9-5-3-2-4-6-9/h2-6,10H,7-8,11H2,1H3/t10-/m1/s1. The largest absolute Gasteiger partial charge is 0.383 e. The minimum atomic E-state index is 0.109. The van der Waals surface area contributed by atoms with E-state index in [0.717, 1.165) is 6.42 Å². The number of methoxy groups -OCH3 is 1. The maximum atomic E-state index is 5.79. The van der Waals surface area contributed by atoms with Crippen molar-refractivity contribution in [2.24, 2.45) is 5.73 Å². The van der Waals surface area contributed by atoms with Gasteiger partial charge in [0.25, 0.3) is 0 Å². The second-order valence-corrected chi connectivity index (χ2v) is 2.91. The van der Waals surface area contributed by atoms with Crippen LogP contribution in [0.25, 0.3) is 0 Å². The zero-order valence-corrected chi connectivity index (χ0v) is 7.36. The smallest absolute Gasteiger partial charge is 0.0616 e. The topological polar surface area (TPSA) is 35.2 Å². The minimum Gasteiger partial charge on any atom is -0.383 e. The van der Waals surface area contributed by atoms with Crippen molar-refractivity contribution >= 4 is 0 Å². The van der Waals surface area contributed by atoms with Crippen LogP contribution >= 0.6 is 0 Å². The van der Waals surface area contributed by atoms with Gasteiger partial charge < -0.3 is 10.5 Å². The van der Waals surface area contributed by atoms with Gasteiger partial charge in [0.1, 0.15) is 0 Å². The molecule has 2 nitrogen and oxygen atoms in total. The van der Waals surface area contributed by atoms with E-state index >= 15 is 0 Å². The van der Waals surface area contributed by atoms with E-state index in [1.54, 1.807) is 7.11 Å². The number of rotatable bonds is 4. The summed E-state index contributed by atoms with van der Waals surface area (Å²) in [6.45, 7) is 0.620. The monoisotopic (exact) mass is 165 g/mol. The molecule has 0 fully saturated rings. The number of hydrogen-bond acceptors (Lipinski definition) is 2. The molecule has 0 heterocycles. The normalized spacial score (nSPS) is 12.8. The van der Waals surface area contributed by atoms with Crippen LogP contribution in [-0.2, 0) is 11.2 Å². The molecule has 0 unspecified atom stereocenters. The first-order valence-electron chi connectivity index (χ1n) is 4.11. The highest BCUT2D eigenvalue weighted by atomic mass is 16.5. The van der Waals surface area contributed by atoms with E-state index in [4.69, 9.17) is 10.5 Å². The summed E-state index contributed by atoms with van der Waals surface area (Å²) in [6.07, 6.45) is 0.884. The Morgan fingerprint density at radius 1 is 1.33 bits per heavy atom. The molecule has 1 aromatic carbocycles. The molecule has 0 aliphatic heterocycles. The molecule has 0 radical (unpaired) electrons. The van der Waals surface area contributed by atoms with Crippen LogP contribution < -0.4 is 5.73 Å². The van der Waals surface area contributed by atoms with E-state index in [1.807, 2.05) is 18.2 Å². The Labute approximate surface area is 73.3 Å². The van der Waals surface area contributed by atoms with Crippen LogP contribution in [0.3, 0.4) is 0 Å². The molecular weight excluding hydrogens is 150 g/mol. The Morgan fingerprint density at radius 3 is 2.58 bits per heavy atom. The third kappa shape index (κ3) is 3.03. The van der Waals surface area contributed by atoms with Gasteiger partial charge in [0, 0.05) is 13.2 Å². The predicted octanol–water partition coefficient (Wildman–Crippen LogP) is 1.20. The fraction of sp³-hybridized carbons (Fsp3) is 0.400. The highest BCUT2D eigenvalue weighted by Gasteiger charge is 2.01. The summed E-state index contributed by atoms with van der Waals surface area (Å²) in [5, 5.41) is 0. The van der Waals surface area contributed by atoms with Gasteiger partial charge in [-0.05, 0) is 12.0 Å². The summed E-state index contributed by atoms with van der Waals surface area (Å²) >= 11 is 0. The molecule has 2 heteroatoms. The Kier molecular flexibility index (Phi) is 3.77. The van der Waals surface area contributed by atoms with Gasteiger partial charge in [0.2, 0.25) is 0 Å². The molecule has 0 spiro atoms. The fourth-order valence-corrected chi connectivity index (χ4v) is 1.19. The van der Waals surface area contributed by atoms with Crippen molar-refractivity contribution in [2.75, 3.05) is 13.7 Å². The predicted molar refractivity (Wildman–Crippen MR) is 50.0 cm³/mol. The van der Waals surface area contributed by atoms with Crippen LogP contribution in [0.5, 0.6) is 0 Å². The Hall–Kier alpha value is -0.860. The molecule has 0 saturated carbocycles. The van der Waals surface area contributed by atoms with Crippen molar-refractivity contribution < 1.29 is 4.74 Å². The first kappa shape index (κ1) is 9.23. The minimum absolute atomic E-state index is 0.109. The van der Waals surface area contributed by atoms with E-state index in [1.165, 1.54) is 5.56 Å². The van der Waals surface area contributed by atoms with Crippen molar-refractivity contribution in [3.63, 3.8) is 0 Å². The number of ether oxygens (including phenoxy) is 1. The quantitative estimate of drug-likeness (QED) is 0.727. The van der Waals surface area contributed by atoms with Gasteiger partial charge in [-0.1, -0.05) is 30.3 Å². The van der Waals surface area contributed by atoms with Crippen molar-refractivity contribution in [3.05, 3.63) is 35.9 Å². The molecule has 0 bridgehead atoms. The molecule has 1 atom stereocenters. The summed E-state index contributed by atoms with van der Waals surface area (Å²) in [5.74, 6) is 0. The number of benzene rings is 1. The SMILES string of the molecule is COC[C@H](N)Cc1ccccc1. The lowest BCUT2D eigenvalue weighted by Crippen LogP contribution is -2.27. The van der Waals surface area contributed by atoms with Crippen molar-refractivity contribution in [2.45, 2.75) is 12.5 Å². The molecule has 0 saturated heterocycles. The number of hydrogen-bond donors (Lipinski definition) is 1. The molecule has 1 rings (SSSR count). The Balaban J connectivity index is 2.41. The van der Waals surface area contributed by atoms with Gasteiger partial charge in [-0.3, -0.25) is 0 Å². The lowest BCUT2D eigenvalue weighted by atomic mass is 10.1. The van der Waals surface area contributed by atoms with Crippen LogP contribution in [-0.4, -0.2) is 19.8 Å². The molecule has 12 heavy (non-hydrogen) atoms. The van der Waals surface area contributed by atoms with Gasteiger partial charge in [0.05, 0.1) is 6.61 Å². The summed E-state index contributed by atoms with van der Waals surface area (Å²) in [4.78, 5) is 0. The van der Waals surface area contributed by atoms with E-state index < -0.39 is 0 Å². The van der Waals surface area contributed by atoms with Gasteiger partial charge in [0.15, 0.2) is 0 Å². The summed E-state index contributed by atoms with van der Waals surface area (Å²) < 4.78 is 4.95. The van der Waals surface area contributed by atoms with Crippen molar-refractivity contribution in [1.29, 1.82) is 0 Å². The van der Waals surface area contributed by atoms with Gasteiger partial charge in [-0.15, -0.1) is 0 Å². The molecule has 0 aromatic heterocycles. The molecule has 0 aliphatic carbocycles. The van der Waals surface area contributed by atoms with E-state index in [2.05, 4.69) is 12.1 Å². The van der Waals surface area contributed by atoms with Crippen LogP contribution in [0, 0.1) is 0 Å². The second-order valence-electron chi connectivity index (χ2n) is 2.91. The zero-order valence-electron chi connectivity index (χ0n) is 7.36. The van der Waals surface area contributed by atoms with E-state index in [-0.39, 0.29) is 6.04 Å². The molecule has 0 amide bonds. The Bertz CT molecular complexity index is 210. The second kappa shape index (κ2) is 4.91. The fourth-order valence-electron chi connectivity index (χ4n) is 1.19. The average molecular weight is 165 g/mol. The first-order chi connectivity index (χ1) is 5.83. The highest BCUT2D eigenvalue weighted by Crippen LogP contribution is 2.01. The van der Waals surface area contributed by atoms with Crippen molar-refractivity contribution in [1.82, 2.24) is 0 Å². The first-order valence-corrected chi connectivity index (χ1v) is 4.11. The van der Waals surface area contributed by atoms with Crippen LogP contribution in [0.2, 0.25) is 0 Å². The lowest BCUT2D eigenvalue weighted by Gasteiger charge is -2.09. The maximum absolute atomic E-state index is 5.79. The molecule has 1 aromatic rings. The summed E-state index contributed by atoms with van der Waals surface area (Å²) in [7, 11) is 1.67. The van der Waals surface area contributed by atoms with Crippen molar-refractivity contribution in [3.8, 4) is 0 Å². The third-order valence-corrected chi connectivity index (χ3v) is 1.72. The molecule has 2 N–H and O–H groups in total. The molecule has 66 valence electrons. The van der Waals surface area contributed by atoms with Crippen LogP contribution in [0.4, 0.5) is 0 Å². The maximum Gasteiger partial charge on any atom is 0.0616 e. The average Bonchev–Trinajstić information content (AvgIpc) is 2.06. The Morgan fingerprint density at radius 2 is 2.00 bits per heavy atom. The van der Waals surface area contributed by atoms with Gasteiger partial charge in [-0.2, -0.15) is 0 Å². The lowest BCUT2D eigenvalue weighted by molar-refractivity contribution is 0.180. The summed E-state index contributed by atoms with van der Waals surface area (Å²) in [6, 6.07) is 10.3. The van der Waals surface area contributed by atoms with Gasteiger partial charge >= 0.3 is 0 Å². The third-order valence-electron chi connectivity index (χ3n) is 1.72. The molecular formula is C10H15NO. The highest BCUT2D eigenvalue weighted by molar-refractivity contribution is 5.15. The van der Waals surface area contributed by atoms with Crippen LogP contribution in [0.1, 0.15) is 5.56 Å². The van der Waals surface area contributed by atoms with E-state index in [9.17, 15) is 0 Å². The summed E-state index contributed by atoms with van der Waals surface area (Å²) in [5.41, 5.74) is 7.06. The zero-order chi connectivity index (χ0) is 8.81. The number of nitrogens with two attached hydrogens (primary N) is 1. The van der Waals surface area contributed by atoms with Gasteiger partial charge in [-0.25, -0.2) is 0 Å². The van der Waals surface area contributed by atoms with Crippen LogP contribution in [0.15, 0.2) is 30.3 Å².